The first kappa shape index (κ1) is 21.9. The fourth-order valence-corrected chi connectivity index (χ4v) is 2.63. The van der Waals surface area contributed by atoms with Gasteiger partial charge in [0.2, 0.25) is 0 Å². The van der Waals surface area contributed by atoms with Gasteiger partial charge in [0.25, 0.3) is 0 Å². The van der Waals surface area contributed by atoms with Gasteiger partial charge in [-0.2, -0.15) is 0 Å². The van der Waals surface area contributed by atoms with Gasteiger partial charge in [-0.05, 0) is 13.0 Å². The lowest BCUT2D eigenvalue weighted by Gasteiger charge is -2.40. The number of likely N-dealkylation sites (N-methyl/N-ethyl adjacent to an activating group) is 1. The molecule has 1 unspecified atom stereocenters. The molecule has 1 heterocycles. The van der Waals surface area contributed by atoms with E-state index in [4.69, 9.17) is 4.74 Å². The lowest BCUT2D eigenvalue weighted by molar-refractivity contribution is 0.0899. The van der Waals surface area contributed by atoms with Crippen molar-refractivity contribution in [1.29, 1.82) is 0 Å². The van der Waals surface area contributed by atoms with Crippen molar-refractivity contribution < 1.29 is 4.74 Å². The van der Waals surface area contributed by atoms with Crippen LogP contribution in [0, 0.1) is 5.92 Å². The topological polar surface area (TPSA) is 52.1 Å². The normalized spacial score (nSPS) is 18.9. The highest BCUT2D eigenvalue weighted by molar-refractivity contribution is 14.0. The minimum absolute atomic E-state index is 0. The summed E-state index contributed by atoms with van der Waals surface area (Å²) < 4.78 is 5.05. The molecule has 1 fully saturated rings. The van der Waals surface area contributed by atoms with Gasteiger partial charge in [-0.25, -0.2) is 0 Å². The third-order valence-corrected chi connectivity index (χ3v) is 4.08. The Hall–Kier alpha value is -0.120. The van der Waals surface area contributed by atoms with Crippen LogP contribution in [0.5, 0.6) is 0 Å². The first-order valence-corrected chi connectivity index (χ1v) is 7.94. The van der Waals surface area contributed by atoms with E-state index in [0.29, 0.717) is 18.6 Å². The highest BCUT2D eigenvalue weighted by Gasteiger charge is 2.24. The molecule has 2 N–H and O–H groups in total. The van der Waals surface area contributed by atoms with Crippen LogP contribution in [0.15, 0.2) is 4.99 Å². The average molecular weight is 427 g/mol. The smallest absolute Gasteiger partial charge is 0.191 e. The number of hydrogen-bond donors (Lipinski definition) is 2. The van der Waals surface area contributed by atoms with E-state index in [1.807, 2.05) is 7.05 Å². The Labute approximate surface area is 153 Å². The van der Waals surface area contributed by atoms with Gasteiger partial charge in [0.1, 0.15) is 0 Å². The van der Waals surface area contributed by atoms with Gasteiger partial charge in [-0.3, -0.25) is 9.89 Å². The van der Waals surface area contributed by atoms with Crippen LogP contribution in [0.25, 0.3) is 0 Å². The predicted molar refractivity (Wildman–Crippen MR) is 104 cm³/mol. The fourth-order valence-electron chi connectivity index (χ4n) is 2.63. The summed E-state index contributed by atoms with van der Waals surface area (Å²) >= 11 is 0. The van der Waals surface area contributed by atoms with E-state index in [9.17, 15) is 0 Å². The SMILES string of the molecule is CN=C(NCCOC)NCC(C(C)C)N1CCN(C)CC1.I. The molecule has 6 nitrogen and oxygen atoms in total. The number of guanidine groups is 1. The second-order valence-electron chi connectivity index (χ2n) is 6.02. The van der Waals surface area contributed by atoms with Crippen LogP contribution in [0.2, 0.25) is 0 Å². The van der Waals surface area contributed by atoms with Crippen LogP contribution in [0.1, 0.15) is 13.8 Å². The number of hydrogen-bond acceptors (Lipinski definition) is 4. The highest BCUT2D eigenvalue weighted by atomic mass is 127. The Balaban J connectivity index is 0.00000441. The third-order valence-electron chi connectivity index (χ3n) is 4.08. The van der Waals surface area contributed by atoms with E-state index in [1.54, 1.807) is 7.11 Å². The quantitative estimate of drug-likeness (QED) is 0.271. The van der Waals surface area contributed by atoms with Gasteiger partial charge in [0.05, 0.1) is 6.61 Å². The number of nitrogens with one attached hydrogen (secondary N) is 2. The second-order valence-corrected chi connectivity index (χ2v) is 6.02. The van der Waals surface area contributed by atoms with Gasteiger partial charge in [-0.15, -0.1) is 24.0 Å². The van der Waals surface area contributed by atoms with Crippen LogP contribution in [-0.2, 0) is 4.74 Å². The molecule has 0 spiro atoms. The molecule has 1 rings (SSSR count). The molecule has 132 valence electrons. The molecule has 0 aromatic carbocycles. The largest absolute Gasteiger partial charge is 0.383 e. The number of halogens is 1. The number of methoxy groups -OCH3 is 1. The van der Waals surface area contributed by atoms with Gasteiger partial charge >= 0.3 is 0 Å². The number of ether oxygens (including phenoxy) is 1. The number of rotatable bonds is 7. The van der Waals surface area contributed by atoms with Crippen LogP contribution < -0.4 is 10.6 Å². The lowest BCUT2D eigenvalue weighted by Crippen LogP contribution is -2.55. The van der Waals surface area contributed by atoms with Crippen molar-refractivity contribution in [3.05, 3.63) is 0 Å². The summed E-state index contributed by atoms with van der Waals surface area (Å²) in [6, 6.07) is 0.541. The summed E-state index contributed by atoms with van der Waals surface area (Å²) in [5, 5.41) is 6.71. The van der Waals surface area contributed by atoms with E-state index in [1.165, 1.54) is 0 Å². The van der Waals surface area contributed by atoms with E-state index >= 15 is 0 Å². The maximum atomic E-state index is 5.05. The Bertz CT molecular complexity index is 306. The molecular formula is C15H34IN5O. The monoisotopic (exact) mass is 427 g/mol. The van der Waals surface area contributed by atoms with E-state index in [-0.39, 0.29) is 24.0 Å². The third kappa shape index (κ3) is 7.94. The lowest BCUT2D eigenvalue weighted by atomic mass is 10.0. The van der Waals surface area contributed by atoms with Crippen molar-refractivity contribution in [2.24, 2.45) is 10.9 Å². The predicted octanol–water partition coefficient (Wildman–Crippen LogP) is 0.688. The molecular weight excluding hydrogens is 393 g/mol. The summed E-state index contributed by atoms with van der Waals surface area (Å²) in [5.74, 6) is 1.48. The molecule has 0 aliphatic carbocycles. The zero-order chi connectivity index (χ0) is 15.7. The van der Waals surface area contributed by atoms with Crippen LogP contribution in [0.3, 0.4) is 0 Å². The first-order valence-electron chi connectivity index (χ1n) is 7.94. The Morgan fingerprint density at radius 3 is 2.32 bits per heavy atom. The van der Waals surface area contributed by atoms with Crippen molar-refractivity contribution in [1.82, 2.24) is 20.4 Å². The minimum Gasteiger partial charge on any atom is -0.383 e. The van der Waals surface area contributed by atoms with Crippen molar-refractivity contribution in [3.63, 3.8) is 0 Å². The van der Waals surface area contributed by atoms with Crippen molar-refractivity contribution in [3.8, 4) is 0 Å². The van der Waals surface area contributed by atoms with Crippen LogP contribution in [0.4, 0.5) is 0 Å². The molecule has 7 heteroatoms. The van der Waals surface area contributed by atoms with Gasteiger partial charge in [0.15, 0.2) is 5.96 Å². The number of nitrogens with zero attached hydrogens (tertiary/aromatic N) is 3. The van der Waals surface area contributed by atoms with Gasteiger partial charge in [0, 0.05) is 59.5 Å². The molecule has 0 aromatic heterocycles. The first-order chi connectivity index (χ1) is 10.1. The highest BCUT2D eigenvalue weighted by Crippen LogP contribution is 2.12. The van der Waals surface area contributed by atoms with Crippen LogP contribution >= 0.6 is 24.0 Å². The molecule has 1 aliphatic heterocycles. The number of aliphatic imine (C=N–C) groups is 1. The molecule has 1 atom stereocenters. The Kier molecular flexibility index (Phi) is 12.3. The standard InChI is InChI=1S/C15H33N5O.HI/c1-13(2)14(20-9-7-19(4)8-10-20)12-18-15(16-3)17-6-11-21-5;/h13-14H,6-12H2,1-5H3,(H2,16,17,18);1H. The molecule has 22 heavy (non-hydrogen) atoms. The zero-order valence-corrected chi connectivity index (χ0v) is 17.1. The summed E-state index contributed by atoms with van der Waals surface area (Å²) in [5.41, 5.74) is 0. The molecule has 1 saturated heterocycles. The van der Waals surface area contributed by atoms with Crippen molar-refractivity contribution in [2.45, 2.75) is 19.9 Å². The molecule has 0 saturated carbocycles. The second kappa shape index (κ2) is 12.3. The average Bonchev–Trinajstić information content (AvgIpc) is 2.47. The molecule has 1 aliphatic rings. The van der Waals surface area contributed by atoms with Crippen molar-refractivity contribution in [2.75, 3.05) is 67.1 Å². The maximum absolute atomic E-state index is 5.05. The summed E-state index contributed by atoms with van der Waals surface area (Å²) in [4.78, 5) is 9.25. The zero-order valence-electron chi connectivity index (χ0n) is 14.8. The molecule has 0 radical (unpaired) electrons. The summed E-state index contributed by atoms with van der Waals surface area (Å²) in [6.45, 7) is 11.6. The maximum Gasteiger partial charge on any atom is 0.191 e. The van der Waals surface area contributed by atoms with Gasteiger partial charge < -0.3 is 20.3 Å². The van der Waals surface area contributed by atoms with E-state index in [2.05, 4.69) is 46.3 Å². The van der Waals surface area contributed by atoms with Gasteiger partial charge in [-0.1, -0.05) is 13.8 Å². The Morgan fingerprint density at radius 2 is 1.82 bits per heavy atom. The minimum atomic E-state index is 0. The summed E-state index contributed by atoms with van der Waals surface area (Å²) in [6.07, 6.45) is 0. The van der Waals surface area contributed by atoms with Crippen molar-refractivity contribution >= 4 is 29.9 Å². The van der Waals surface area contributed by atoms with Crippen LogP contribution in [-0.4, -0.2) is 88.9 Å². The molecule has 0 bridgehead atoms. The fraction of sp³-hybridized carbons (Fsp3) is 0.933. The van der Waals surface area contributed by atoms with E-state index in [0.717, 1.165) is 45.2 Å². The molecule has 0 amide bonds. The van der Waals surface area contributed by atoms with E-state index < -0.39 is 0 Å². The molecule has 0 aromatic rings. The summed E-state index contributed by atoms with van der Waals surface area (Å²) in [7, 11) is 5.71. The Morgan fingerprint density at radius 1 is 1.18 bits per heavy atom. The number of piperazine rings is 1.